The topological polar surface area (TPSA) is 44.2 Å². The third-order valence-corrected chi connectivity index (χ3v) is 8.21. The van der Waals surface area contributed by atoms with Gasteiger partial charge in [0.25, 0.3) is 0 Å². The van der Waals surface area contributed by atoms with E-state index < -0.39 is 14.8 Å². The largest absolute Gasteiger partial charge is 0.902 e. The van der Waals surface area contributed by atoms with E-state index in [2.05, 4.69) is 56.3 Å². The molecular weight excluding hydrogens is 423 g/mol. The third-order valence-electron chi connectivity index (χ3n) is 5.89. The molecule has 2 aromatic heterocycles. The highest BCUT2D eigenvalue weighted by Gasteiger charge is 2.39. The van der Waals surface area contributed by atoms with Crippen molar-refractivity contribution in [1.82, 2.24) is 9.97 Å². The molecule has 0 atom stereocenters. The highest BCUT2D eigenvalue weighted by Crippen LogP contribution is 2.28. The first-order valence-electron chi connectivity index (χ1n) is 11.1. The summed E-state index contributed by atoms with van der Waals surface area (Å²) in [6.07, 6.45) is 0. The number of fused-ring (bicyclic) bond motifs is 2. The van der Waals surface area contributed by atoms with Crippen molar-refractivity contribution < 1.29 is 7.58 Å². The zero-order valence-corrected chi connectivity index (χ0v) is 20.4. The fourth-order valence-electron chi connectivity index (χ4n) is 4.20. The van der Waals surface area contributed by atoms with Gasteiger partial charge in [0.1, 0.15) is 22.5 Å². The number of rotatable bonds is 5. The Morgan fingerprint density at radius 3 is 1.48 bits per heavy atom. The van der Waals surface area contributed by atoms with Gasteiger partial charge in [0.15, 0.2) is 0 Å². The van der Waals surface area contributed by atoms with Crippen LogP contribution in [0.2, 0.25) is 0 Å². The summed E-state index contributed by atoms with van der Waals surface area (Å²) >= 11 is -2.45. The first kappa shape index (κ1) is 21.5. The lowest BCUT2D eigenvalue weighted by atomic mass is 10.2. The molecular formula is C28H25AlN2O2. The predicted octanol–water partition coefficient (Wildman–Crippen LogP) is 5.87. The molecule has 0 unspecified atom stereocenters. The molecule has 0 aliphatic rings. The standard InChI is InChI=1S/2C10H9NO.C8H9.Al/c2*1-7-5-6-8-3-2-4-9(12)10(8)11-7;1-7-4-3-5-8(2)6-7;/h2*2-6,12H,1H3;3-5H,1-2H3;/q;;;+2/p-2. The molecule has 0 amide bonds. The second kappa shape index (κ2) is 8.86. The van der Waals surface area contributed by atoms with E-state index in [9.17, 15) is 0 Å². The van der Waals surface area contributed by atoms with Crippen LogP contribution < -0.4 is 12.0 Å². The van der Waals surface area contributed by atoms with E-state index in [4.69, 9.17) is 17.5 Å². The minimum Gasteiger partial charge on any atom is -0.607 e. The van der Waals surface area contributed by atoms with Crippen LogP contribution in [-0.2, 0) is 0 Å². The summed E-state index contributed by atoms with van der Waals surface area (Å²) in [4.78, 5) is 9.53. The van der Waals surface area contributed by atoms with E-state index in [1.54, 1.807) is 0 Å². The van der Waals surface area contributed by atoms with Gasteiger partial charge in [0.2, 0.25) is 0 Å². The quantitative estimate of drug-likeness (QED) is 0.316. The lowest BCUT2D eigenvalue weighted by Gasteiger charge is -2.21. The molecule has 2 heterocycles. The van der Waals surface area contributed by atoms with Gasteiger partial charge >= 0.3 is 14.8 Å². The van der Waals surface area contributed by atoms with Crippen LogP contribution in [0, 0.1) is 27.7 Å². The number of hydrogen-bond donors (Lipinski definition) is 0. The van der Waals surface area contributed by atoms with Crippen LogP contribution >= 0.6 is 0 Å². The Bertz CT molecular complexity index is 1370. The van der Waals surface area contributed by atoms with Gasteiger partial charge in [-0.2, -0.15) is 0 Å². The van der Waals surface area contributed by atoms with Gasteiger partial charge in [0.05, 0.1) is 0 Å². The summed E-state index contributed by atoms with van der Waals surface area (Å²) in [6, 6.07) is 26.6. The molecule has 0 aliphatic heterocycles. The molecule has 33 heavy (non-hydrogen) atoms. The van der Waals surface area contributed by atoms with Gasteiger partial charge in [-0.1, -0.05) is 65.7 Å². The molecule has 3 aromatic carbocycles. The summed E-state index contributed by atoms with van der Waals surface area (Å²) in [7, 11) is 0. The molecule has 0 saturated heterocycles. The van der Waals surface area contributed by atoms with Crippen LogP contribution in [0.5, 0.6) is 11.5 Å². The monoisotopic (exact) mass is 448 g/mol. The zero-order valence-electron chi connectivity index (χ0n) is 19.3. The molecule has 0 fully saturated rings. The van der Waals surface area contributed by atoms with Crippen molar-refractivity contribution in [2.24, 2.45) is 0 Å². The Balaban J connectivity index is 1.64. The van der Waals surface area contributed by atoms with E-state index in [1.165, 1.54) is 11.1 Å². The summed E-state index contributed by atoms with van der Waals surface area (Å²) in [6.45, 7) is 8.23. The number of hydrogen-bond acceptors (Lipinski definition) is 4. The maximum atomic E-state index is 6.74. The van der Waals surface area contributed by atoms with Crippen LogP contribution in [0.3, 0.4) is 0 Å². The van der Waals surface area contributed by atoms with Crippen molar-refractivity contribution in [3.8, 4) is 11.5 Å². The second-order valence-corrected chi connectivity index (χ2v) is 10.1. The van der Waals surface area contributed by atoms with E-state index in [-0.39, 0.29) is 0 Å². The molecule has 0 saturated carbocycles. The number of pyridine rings is 2. The first-order chi connectivity index (χ1) is 16.0. The molecule has 5 rings (SSSR count). The molecule has 0 aliphatic carbocycles. The zero-order chi connectivity index (χ0) is 22.9. The Hall–Kier alpha value is -3.39. The van der Waals surface area contributed by atoms with Crippen molar-refractivity contribution in [2.45, 2.75) is 27.7 Å². The van der Waals surface area contributed by atoms with Crippen LogP contribution in [-0.4, -0.2) is 24.8 Å². The van der Waals surface area contributed by atoms with E-state index in [1.807, 2.05) is 50.2 Å². The predicted molar refractivity (Wildman–Crippen MR) is 136 cm³/mol. The molecule has 0 spiro atoms. The highest BCUT2D eigenvalue weighted by molar-refractivity contribution is 6.64. The SMILES string of the molecule is Cc1ccc2cccc([O][Al]([O]c3cccc4ccc(C)nc34)[c]3c(C)cccc3C)c2n1. The van der Waals surface area contributed by atoms with E-state index >= 15 is 0 Å². The average Bonchev–Trinajstić information content (AvgIpc) is 2.79. The van der Waals surface area contributed by atoms with Crippen molar-refractivity contribution >= 4 is 41.0 Å². The normalized spacial score (nSPS) is 11.0. The van der Waals surface area contributed by atoms with Gasteiger partial charge in [-0.3, -0.25) is 0 Å². The van der Waals surface area contributed by atoms with Crippen molar-refractivity contribution in [3.05, 3.63) is 101 Å². The van der Waals surface area contributed by atoms with Gasteiger partial charge in [-0.15, -0.1) is 0 Å². The van der Waals surface area contributed by atoms with Gasteiger partial charge in [-0.25, -0.2) is 9.97 Å². The Morgan fingerprint density at radius 2 is 1.00 bits per heavy atom. The Morgan fingerprint density at radius 1 is 0.545 bits per heavy atom. The number of benzene rings is 3. The number of aromatic nitrogens is 2. The fraction of sp³-hybridized carbons (Fsp3) is 0.143. The summed E-state index contributed by atoms with van der Waals surface area (Å²) < 4.78 is 14.6. The molecule has 5 aromatic rings. The summed E-state index contributed by atoms with van der Waals surface area (Å²) in [5, 5.41) is 2.10. The summed E-state index contributed by atoms with van der Waals surface area (Å²) in [5.74, 6) is 1.50. The first-order valence-corrected chi connectivity index (χ1v) is 12.6. The maximum absolute atomic E-state index is 6.74. The molecule has 0 radical (unpaired) electrons. The highest BCUT2D eigenvalue weighted by atomic mass is 27.2. The minimum absolute atomic E-state index is 0.750. The average molecular weight is 449 g/mol. The van der Waals surface area contributed by atoms with Crippen LogP contribution in [0.1, 0.15) is 22.5 Å². The minimum atomic E-state index is -2.45. The second-order valence-electron chi connectivity index (χ2n) is 8.43. The van der Waals surface area contributed by atoms with Crippen molar-refractivity contribution in [3.63, 3.8) is 0 Å². The Labute approximate surface area is 198 Å². The Kier molecular flexibility index (Phi) is 5.76. The van der Waals surface area contributed by atoms with Crippen molar-refractivity contribution in [1.29, 1.82) is 0 Å². The van der Waals surface area contributed by atoms with Gasteiger partial charge in [-0.05, 0) is 56.4 Å². The third kappa shape index (κ3) is 4.30. The smallest absolute Gasteiger partial charge is 0.607 e. The number of nitrogens with zero attached hydrogens (tertiary/aromatic N) is 2. The molecule has 0 N–H and O–H groups in total. The number of para-hydroxylation sites is 2. The fourth-order valence-corrected chi connectivity index (χ4v) is 6.26. The lowest BCUT2D eigenvalue weighted by Crippen LogP contribution is -2.45. The molecule has 5 heteroatoms. The maximum Gasteiger partial charge on any atom is 0.902 e. The van der Waals surface area contributed by atoms with Gasteiger partial charge in [0, 0.05) is 22.2 Å². The molecule has 162 valence electrons. The number of aryl methyl sites for hydroxylation is 4. The van der Waals surface area contributed by atoms with Crippen LogP contribution in [0.4, 0.5) is 0 Å². The van der Waals surface area contributed by atoms with E-state index in [0.717, 1.165) is 49.1 Å². The molecule has 4 nitrogen and oxygen atoms in total. The van der Waals surface area contributed by atoms with E-state index in [0.29, 0.717) is 0 Å². The molecule has 0 bridgehead atoms. The van der Waals surface area contributed by atoms with Crippen LogP contribution in [0.25, 0.3) is 21.8 Å². The lowest BCUT2D eigenvalue weighted by molar-refractivity contribution is 0.443. The van der Waals surface area contributed by atoms with Gasteiger partial charge < -0.3 is 7.58 Å². The van der Waals surface area contributed by atoms with Crippen molar-refractivity contribution in [2.75, 3.05) is 0 Å². The van der Waals surface area contributed by atoms with Crippen LogP contribution in [0.15, 0.2) is 78.9 Å². The summed E-state index contributed by atoms with van der Waals surface area (Å²) in [5.41, 5.74) is 5.96.